The number of benzene rings is 1. The molecule has 0 saturated carbocycles. The summed E-state index contributed by atoms with van der Waals surface area (Å²) in [6.07, 6.45) is 2.66. The fraction of sp³-hybridized carbons (Fsp3) is 0.533. The van der Waals surface area contributed by atoms with Gasteiger partial charge in [0.25, 0.3) is 0 Å². The third-order valence-corrected chi connectivity index (χ3v) is 3.58. The maximum Gasteiger partial charge on any atom is 0.387 e. The van der Waals surface area contributed by atoms with Gasteiger partial charge in [-0.05, 0) is 37.1 Å². The number of halogens is 2. The second kappa shape index (κ2) is 7.36. The number of carbonyl (C=O) groups is 1. The fourth-order valence-corrected chi connectivity index (χ4v) is 2.44. The molecule has 21 heavy (non-hydrogen) atoms. The number of rotatable bonds is 6. The van der Waals surface area contributed by atoms with Crippen molar-refractivity contribution in [2.24, 2.45) is 0 Å². The van der Waals surface area contributed by atoms with Crippen LogP contribution >= 0.6 is 0 Å². The molecule has 1 aromatic carbocycles. The Balaban J connectivity index is 1.83. The number of hydrogen-bond acceptors (Lipinski definition) is 3. The molecule has 0 bridgehead atoms. The van der Waals surface area contributed by atoms with E-state index < -0.39 is 6.61 Å². The Labute approximate surface area is 123 Å². The first-order valence-electron chi connectivity index (χ1n) is 7.05. The standard InChI is InChI=1S/C15H20F2N2O2/c1-19(14(20)9-12-3-2-8-18-12)10-11-4-6-13(7-5-11)21-15(16)17/h4-7,12,15,18H,2-3,8-10H2,1H3. The van der Waals surface area contributed by atoms with E-state index in [0.29, 0.717) is 13.0 Å². The molecule has 1 N–H and O–H groups in total. The summed E-state index contributed by atoms with van der Waals surface area (Å²) in [6.45, 7) is -1.38. The van der Waals surface area contributed by atoms with E-state index in [9.17, 15) is 13.6 Å². The second-order valence-electron chi connectivity index (χ2n) is 5.27. The topological polar surface area (TPSA) is 41.6 Å². The Morgan fingerprint density at radius 3 is 2.71 bits per heavy atom. The van der Waals surface area contributed by atoms with Crippen LogP contribution in [-0.2, 0) is 11.3 Å². The van der Waals surface area contributed by atoms with E-state index in [1.54, 1.807) is 24.1 Å². The van der Waals surface area contributed by atoms with Gasteiger partial charge in [-0.15, -0.1) is 0 Å². The molecular formula is C15H20F2N2O2. The third-order valence-electron chi connectivity index (χ3n) is 3.58. The maximum atomic E-state index is 12.1. The Kier molecular flexibility index (Phi) is 5.50. The molecule has 4 nitrogen and oxygen atoms in total. The number of ether oxygens (including phenoxy) is 1. The third kappa shape index (κ3) is 4.97. The second-order valence-corrected chi connectivity index (χ2v) is 5.27. The molecule has 1 fully saturated rings. The lowest BCUT2D eigenvalue weighted by atomic mass is 10.1. The van der Waals surface area contributed by atoms with Crippen LogP contribution in [0.4, 0.5) is 8.78 Å². The Hall–Kier alpha value is -1.69. The van der Waals surface area contributed by atoms with Crippen LogP contribution in [0.15, 0.2) is 24.3 Å². The first-order chi connectivity index (χ1) is 10.0. The molecule has 1 amide bonds. The first-order valence-corrected chi connectivity index (χ1v) is 7.05. The zero-order chi connectivity index (χ0) is 15.2. The van der Waals surface area contributed by atoms with E-state index in [0.717, 1.165) is 24.9 Å². The molecule has 116 valence electrons. The van der Waals surface area contributed by atoms with Crippen LogP contribution in [0.1, 0.15) is 24.8 Å². The van der Waals surface area contributed by atoms with Crippen LogP contribution in [0, 0.1) is 0 Å². The zero-order valence-corrected chi connectivity index (χ0v) is 12.0. The van der Waals surface area contributed by atoms with Gasteiger partial charge < -0.3 is 15.0 Å². The van der Waals surface area contributed by atoms with Crippen molar-refractivity contribution in [3.8, 4) is 5.75 Å². The van der Waals surface area contributed by atoms with Crippen molar-refractivity contribution >= 4 is 5.91 Å². The molecule has 0 aromatic heterocycles. The van der Waals surface area contributed by atoms with Crippen molar-refractivity contribution in [1.29, 1.82) is 0 Å². The quantitative estimate of drug-likeness (QED) is 0.877. The van der Waals surface area contributed by atoms with E-state index in [1.807, 2.05) is 0 Å². The van der Waals surface area contributed by atoms with Crippen LogP contribution in [0.25, 0.3) is 0 Å². The summed E-state index contributed by atoms with van der Waals surface area (Å²) < 4.78 is 28.4. The number of hydrogen-bond donors (Lipinski definition) is 1. The number of alkyl halides is 2. The number of carbonyl (C=O) groups excluding carboxylic acids is 1. The van der Waals surface area contributed by atoms with E-state index in [4.69, 9.17) is 0 Å². The van der Waals surface area contributed by atoms with Gasteiger partial charge in [0.2, 0.25) is 5.91 Å². The Bertz CT molecular complexity index is 459. The average molecular weight is 298 g/mol. The van der Waals surface area contributed by atoms with Crippen molar-refractivity contribution in [2.75, 3.05) is 13.6 Å². The lowest BCUT2D eigenvalue weighted by Gasteiger charge is -2.19. The summed E-state index contributed by atoms with van der Waals surface area (Å²) >= 11 is 0. The highest BCUT2D eigenvalue weighted by Crippen LogP contribution is 2.16. The predicted molar refractivity (Wildman–Crippen MR) is 75.2 cm³/mol. The maximum absolute atomic E-state index is 12.1. The van der Waals surface area contributed by atoms with E-state index >= 15 is 0 Å². The molecule has 1 aromatic rings. The molecular weight excluding hydrogens is 278 g/mol. The van der Waals surface area contributed by atoms with E-state index in [-0.39, 0.29) is 17.7 Å². The van der Waals surface area contributed by atoms with Crippen molar-refractivity contribution in [1.82, 2.24) is 10.2 Å². The van der Waals surface area contributed by atoms with Gasteiger partial charge in [0.05, 0.1) is 0 Å². The summed E-state index contributed by atoms with van der Waals surface area (Å²) in [7, 11) is 1.75. The molecule has 2 rings (SSSR count). The molecule has 1 atom stereocenters. The van der Waals surface area contributed by atoms with Crippen molar-refractivity contribution < 1.29 is 18.3 Å². The molecule has 0 aliphatic carbocycles. The molecule has 1 unspecified atom stereocenters. The van der Waals surface area contributed by atoms with Gasteiger partial charge in [-0.3, -0.25) is 4.79 Å². The van der Waals surface area contributed by atoms with Gasteiger partial charge in [0.1, 0.15) is 5.75 Å². The minimum absolute atomic E-state index is 0.0855. The van der Waals surface area contributed by atoms with Gasteiger partial charge in [0, 0.05) is 26.1 Å². The minimum Gasteiger partial charge on any atom is -0.435 e. The van der Waals surface area contributed by atoms with Gasteiger partial charge >= 0.3 is 6.61 Å². The van der Waals surface area contributed by atoms with Crippen LogP contribution in [-0.4, -0.2) is 37.1 Å². The van der Waals surface area contributed by atoms with E-state index in [1.165, 1.54) is 12.1 Å². The van der Waals surface area contributed by atoms with Gasteiger partial charge in [-0.1, -0.05) is 12.1 Å². The summed E-state index contributed by atoms with van der Waals surface area (Å²) in [5.74, 6) is 0.209. The van der Waals surface area contributed by atoms with Crippen LogP contribution < -0.4 is 10.1 Å². The normalized spacial score (nSPS) is 18.0. The molecule has 0 radical (unpaired) electrons. The molecule has 1 saturated heterocycles. The summed E-state index contributed by atoms with van der Waals surface area (Å²) in [4.78, 5) is 13.7. The molecule has 6 heteroatoms. The number of nitrogens with zero attached hydrogens (tertiary/aromatic N) is 1. The lowest BCUT2D eigenvalue weighted by Crippen LogP contribution is -2.33. The fourth-order valence-electron chi connectivity index (χ4n) is 2.44. The Morgan fingerprint density at radius 1 is 1.43 bits per heavy atom. The summed E-state index contributed by atoms with van der Waals surface area (Å²) in [6, 6.07) is 6.63. The minimum atomic E-state index is -2.82. The van der Waals surface area contributed by atoms with Gasteiger partial charge in [-0.25, -0.2) is 0 Å². The van der Waals surface area contributed by atoms with Gasteiger partial charge in [0.15, 0.2) is 0 Å². The SMILES string of the molecule is CN(Cc1ccc(OC(F)F)cc1)C(=O)CC1CCCN1. The highest BCUT2D eigenvalue weighted by Gasteiger charge is 2.19. The van der Waals surface area contributed by atoms with Crippen molar-refractivity contribution in [2.45, 2.75) is 38.5 Å². The van der Waals surface area contributed by atoms with Crippen LogP contribution in [0.5, 0.6) is 5.75 Å². The van der Waals surface area contributed by atoms with Crippen molar-refractivity contribution in [3.63, 3.8) is 0 Å². The van der Waals surface area contributed by atoms with Gasteiger partial charge in [-0.2, -0.15) is 8.78 Å². The smallest absolute Gasteiger partial charge is 0.387 e. The zero-order valence-electron chi connectivity index (χ0n) is 12.0. The summed E-state index contributed by atoms with van der Waals surface area (Å²) in [5.41, 5.74) is 0.881. The highest BCUT2D eigenvalue weighted by molar-refractivity contribution is 5.76. The Morgan fingerprint density at radius 2 is 2.14 bits per heavy atom. The monoisotopic (exact) mass is 298 g/mol. The average Bonchev–Trinajstić information content (AvgIpc) is 2.93. The molecule has 0 spiro atoms. The number of amides is 1. The summed E-state index contributed by atoms with van der Waals surface area (Å²) in [5, 5.41) is 3.30. The lowest BCUT2D eigenvalue weighted by molar-refractivity contribution is -0.130. The van der Waals surface area contributed by atoms with Crippen LogP contribution in [0.3, 0.4) is 0 Å². The van der Waals surface area contributed by atoms with Crippen LogP contribution in [0.2, 0.25) is 0 Å². The molecule has 1 heterocycles. The number of nitrogens with one attached hydrogen (secondary N) is 1. The van der Waals surface area contributed by atoms with E-state index in [2.05, 4.69) is 10.1 Å². The van der Waals surface area contributed by atoms with Crippen molar-refractivity contribution in [3.05, 3.63) is 29.8 Å². The molecule has 1 aliphatic rings. The largest absolute Gasteiger partial charge is 0.435 e. The highest BCUT2D eigenvalue weighted by atomic mass is 19.3. The predicted octanol–water partition coefficient (Wildman–Crippen LogP) is 2.39. The first kappa shape index (κ1) is 15.7. The molecule has 1 aliphatic heterocycles.